The topological polar surface area (TPSA) is 152 Å². The van der Waals surface area contributed by atoms with Crippen LogP contribution < -0.4 is 0 Å². The van der Waals surface area contributed by atoms with Crippen LogP contribution in [-0.4, -0.2) is 71.1 Å². The third-order valence-corrected chi connectivity index (χ3v) is 9.26. The van der Waals surface area contributed by atoms with E-state index in [1.54, 1.807) is 20.8 Å². The van der Waals surface area contributed by atoms with Crippen LogP contribution in [0.4, 0.5) is 0 Å². The van der Waals surface area contributed by atoms with Gasteiger partial charge in [0.15, 0.2) is 11.7 Å². The fraction of sp³-hybridized carbons (Fsp3) is 0.710. The van der Waals surface area contributed by atoms with E-state index in [0.29, 0.717) is 30.4 Å². The van der Waals surface area contributed by atoms with Gasteiger partial charge in [-0.1, -0.05) is 32.9 Å². The van der Waals surface area contributed by atoms with Crippen molar-refractivity contribution in [2.24, 2.45) is 23.2 Å². The van der Waals surface area contributed by atoms with Gasteiger partial charge in [0.1, 0.15) is 24.4 Å². The molecule has 1 saturated carbocycles. The summed E-state index contributed by atoms with van der Waals surface area (Å²) in [6, 6.07) is 0. The van der Waals surface area contributed by atoms with Crippen LogP contribution in [0.2, 0.25) is 0 Å². The van der Waals surface area contributed by atoms with Gasteiger partial charge in [0.25, 0.3) is 0 Å². The first kappa shape index (κ1) is 33.3. The smallest absolute Gasteiger partial charge is 0.312 e. The largest absolute Gasteiger partial charge is 0.462 e. The predicted octanol–water partition coefficient (Wildman–Crippen LogP) is 3.35. The highest BCUT2D eigenvalue weighted by Gasteiger charge is 2.68. The van der Waals surface area contributed by atoms with Crippen molar-refractivity contribution in [2.45, 2.75) is 117 Å². The van der Waals surface area contributed by atoms with Gasteiger partial charge in [0, 0.05) is 33.1 Å². The van der Waals surface area contributed by atoms with Crippen molar-refractivity contribution in [2.75, 3.05) is 0 Å². The molecule has 0 radical (unpaired) electrons. The van der Waals surface area contributed by atoms with Crippen molar-refractivity contribution >= 4 is 29.8 Å². The monoisotopic (exact) mass is 592 g/mol. The van der Waals surface area contributed by atoms with Gasteiger partial charge in [0.05, 0.1) is 17.3 Å². The Morgan fingerprint density at radius 2 is 1.67 bits per heavy atom. The molecule has 0 aromatic heterocycles. The quantitative estimate of drug-likeness (QED) is 0.275. The summed E-state index contributed by atoms with van der Waals surface area (Å²) in [5.41, 5.74) is -2.52. The second kappa shape index (κ2) is 12.6. The van der Waals surface area contributed by atoms with Crippen LogP contribution >= 0.6 is 0 Å². The Bertz CT molecular complexity index is 1160. The molecule has 11 heteroatoms. The molecule has 234 valence electrons. The third-order valence-electron chi connectivity index (χ3n) is 9.26. The van der Waals surface area contributed by atoms with Crippen LogP contribution in [-0.2, 0) is 47.7 Å². The molecule has 0 amide bonds. The van der Waals surface area contributed by atoms with Crippen LogP contribution in [0.15, 0.2) is 23.8 Å². The van der Waals surface area contributed by atoms with E-state index in [4.69, 9.17) is 23.7 Å². The molecule has 1 aliphatic heterocycles. The lowest BCUT2D eigenvalue weighted by molar-refractivity contribution is -0.223. The highest BCUT2D eigenvalue weighted by atomic mass is 16.6. The molecule has 42 heavy (non-hydrogen) atoms. The zero-order valence-corrected chi connectivity index (χ0v) is 25.8. The predicted molar refractivity (Wildman–Crippen MR) is 148 cm³/mol. The molecule has 10 atom stereocenters. The van der Waals surface area contributed by atoms with Gasteiger partial charge in [-0.3, -0.25) is 24.0 Å². The Hall–Kier alpha value is -3.21. The Morgan fingerprint density at radius 1 is 1.07 bits per heavy atom. The lowest BCUT2D eigenvalue weighted by Gasteiger charge is -2.56. The third kappa shape index (κ3) is 6.11. The molecule has 1 N–H and O–H groups in total. The van der Waals surface area contributed by atoms with Crippen LogP contribution in [0, 0.1) is 23.2 Å². The Kier molecular flexibility index (Phi) is 9.96. The maximum Gasteiger partial charge on any atom is 0.312 e. The SMILES string of the molecule is C=C1CC[C@H](OC(C)=O)[C@]2(C)[C@@H](OC(=O)C(C)CC)C[C@@H](OC(C)=O)/C(C)=C\[C@@H]3OC(=O)[C@H](C)[C@@]3(O)[C@@H](OC(C)=O)[C@@H]12. The Labute approximate surface area is 246 Å². The van der Waals surface area contributed by atoms with Crippen LogP contribution in [0.25, 0.3) is 0 Å². The van der Waals surface area contributed by atoms with E-state index < -0.39 is 89.1 Å². The van der Waals surface area contributed by atoms with Crippen LogP contribution in [0.1, 0.15) is 81.1 Å². The van der Waals surface area contributed by atoms with Gasteiger partial charge in [-0.15, -0.1) is 0 Å². The van der Waals surface area contributed by atoms with Crippen molar-refractivity contribution in [1.82, 2.24) is 0 Å². The first-order valence-electron chi connectivity index (χ1n) is 14.5. The number of hydrogen-bond acceptors (Lipinski definition) is 11. The first-order chi connectivity index (χ1) is 19.5. The molecule has 1 heterocycles. The van der Waals surface area contributed by atoms with Crippen molar-refractivity contribution in [3.8, 4) is 0 Å². The standard InChI is InChI=1S/C31H44O11/c1-10-15(2)28(35)41-24-14-22(38-19(6)32)17(4)13-25-31(37,18(5)29(36)42-25)27(40-21(8)34)26-16(3)11-12-23(30(24,26)9)39-20(7)33/h13,15,18,22-27,37H,3,10-12,14H2,1-2,4-9H3/b17-13-/t15?,18-,22+,23-,24-,25-,26+,27-,30+,31-/m0/s1. The number of carbonyl (C=O) groups excluding carboxylic acids is 5. The number of rotatable bonds is 6. The maximum atomic E-state index is 13.4. The minimum atomic E-state index is -2.11. The lowest BCUT2D eigenvalue weighted by Crippen LogP contribution is -2.66. The van der Waals surface area contributed by atoms with Gasteiger partial charge in [-0.25, -0.2) is 0 Å². The number of fused-ring (bicyclic) bond motifs is 2. The zero-order chi connectivity index (χ0) is 31.7. The van der Waals surface area contributed by atoms with Gasteiger partial charge in [-0.05, 0) is 44.8 Å². The van der Waals surface area contributed by atoms with E-state index in [-0.39, 0.29) is 6.42 Å². The maximum absolute atomic E-state index is 13.4. The summed E-state index contributed by atoms with van der Waals surface area (Å²) in [6.45, 7) is 16.4. The number of aliphatic hydroxyl groups is 1. The molecule has 0 aromatic rings. The number of hydrogen-bond donors (Lipinski definition) is 1. The molecular weight excluding hydrogens is 548 g/mol. The summed E-state index contributed by atoms with van der Waals surface area (Å²) in [6.07, 6.45) is -3.09. The minimum Gasteiger partial charge on any atom is -0.462 e. The van der Waals surface area contributed by atoms with E-state index in [9.17, 15) is 29.1 Å². The molecule has 0 bridgehead atoms. The molecule has 0 spiro atoms. The normalized spacial score (nSPS) is 38.4. The van der Waals surface area contributed by atoms with E-state index >= 15 is 0 Å². The fourth-order valence-electron chi connectivity index (χ4n) is 6.62. The molecular formula is C31H44O11. The fourth-order valence-corrected chi connectivity index (χ4v) is 6.62. The molecule has 0 aromatic carbocycles. The van der Waals surface area contributed by atoms with Gasteiger partial charge < -0.3 is 28.8 Å². The van der Waals surface area contributed by atoms with Gasteiger partial charge in [-0.2, -0.15) is 0 Å². The Balaban J connectivity index is 2.42. The lowest BCUT2D eigenvalue weighted by atomic mass is 9.54. The van der Waals surface area contributed by atoms with E-state index in [2.05, 4.69) is 6.58 Å². The summed E-state index contributed by atoms with van der Waals surface area (Å²) in [5.74, 6) is -5.78. The van der Waals surface area contributed by atoms with Crippen molar-refractivity contribution < 1.29 is 52.8 Å². The summed E-state index contributed by atoms with van der Waals surface area (Å²) >= 11 is 0. The average Bonchev–Trinajstić information content (AvgIpc) is 3.10. The molecule has 3 rings (SSSR count). The molecule has 2 fully saturated rings. The molecule has 1 saturated heterocycles. The molecule has 11 nitrogen and oxygen atoms in total. The Morgan fingerprint density at radius 3 is 2.21 bits per heavy atom. The summed E-state index contributed by atoms with van der Waals surface area (Å²) < 4.78 is 29.3. The van der Waals surface area contributed by atoms with E-state index in [0.717, 1.165) is 0 Å². The van der Waals surface area contributed by atoms with Crippen molar-refractivity contribution in [3.05, 3.63) is 23.8 Å². The van der Waals surface area contributed by atoms with Crippen LogP contribution in [0.5, 0.6) is 0 Å². The minimum absolute atomic E-state index is 0.0520. The highest BCUT2D eigenvalue weighted by molar-refractivity contribution is 5.78. The number of esters is 5. The second-order valence-corrected chi connectivity index (χ2v) is 12.1. The van der Waals surface area contributed by atoms with Crippen molar-refractivity contribution in [3.63, 3.8) is 0 Å². The molecule has 1 unspecified atom stereocenters. The number of ether oxygens (including phenoxy) is 5. The zero-order valence-electron chi connectivity index (χ0n) is 25.8. The van der Waals surface area contributed by atoms with Crippen LogP contribution in [0.3, 0.4) is 0 Å². The average molecular weight is 593 g/mol. The highest BCUT2D eigenvalue weighted by Crippen LogP contribution is 2.56. The van der Waals surface area contributed by atoms with Gasteiger partial charge in [0.2, 0.25) is 0 Å². The molecule has 3 aliphatic rings. The first-order valence-corrected chi connectivity index (χ1v) is 14.5. The van der Waals surface area contributed by atoms with Crippen molar-refractivity contribution in [1.29, 1.82) is 0 Å². The van der Waals surface area contributed by atoms with E-state index in [1.165, 1.54) is 33.8 Å². The second-order valence-electron chi connectivity index (χ2n) is 12.1. The number of carbonyl (C=O) groups is 5. The van der Waals surface area contributed by atoms with E-state index in [1.807, 2.05) is 6.92 Å². The van der Waals surface area contributed by atoms with Gasteiger partial charge >= 0.3 is 29.8 Å². The summed E-state index contributed by atoms with van der Waals surface area (Å²) in [7, 11) is 0. The summed E-state index contributed by atoms with van der Waals surface area (Å²) in [5, 5.41) is 12.5. The molecule has 2 aliphatic carbocycles. The summed E-state index contributed by atoms with van der Waals surface area (Å²) in [4.78, 5) is 63.6.